The predicted octanol–water partition coefficient (Wildman–Crippen LogP) is 26.6. The Morgan fingerprint density at radius 3 is 0.595 bits per heavy atom. The molecular weight excluding hydrogens is 891 g/mol. The van der Waals surface area contributed by atoms with Crippen LogP contribution in [0.3, 0.4) is 0 Å². The summed E-state index contributed by atoms with van der Waals surface area (Å²) in [6.45, 7) is 16.8. The largest absolute Gasteiger partial charge is 0.310 e. The van der Waals surface area contributed by atoms with Gasteiger partial charge in [0, 0.05) is 12.0 Å². The molecule has 1 nitrogen and oxygen atoms in total. The monoisotopic (exact) mass is 1030 g/mol. The van der Waals surface area contributed by atoms with Gasteiger partial charge in [0.2, 0.25) is 0 Å². The molecule has 0 radical (unpaired) electrons. The molecule has 0 fully saturated rings. The highest BCUT2D eigenvalue weighted by atomic mass is 15.4. The van der Waals surface area contributed by atoms with Crippen molar-refractivity contribution < 1.29 is 4.48 Å². The normalized spacial score (nSPS) is 14.4. The molecule has 0 aliphatic carbocycles. The van der Waals surface area contributed by atoms with Gasteiger partial charge in [0.1, 0.15) is 6.04 Å². The van der Waals surface area contributed by atoms with Crippen LogP contribution < -0.4 is 0 Å². The topological polar surface area (TPSA) is 0 Å². The number of hydrogen-bond donors (Lipinski definition) is 0. The van der Waals surface area contributed by atoms with Crippen LogP contribution in [0.25, 0.3) is 0 Å². The van der Waals surface area contributed by atoms with Gasteiger partial charge in [0.05, 0.1) is 18.1 Å². The van der Waals surface area contributed by atoms with Crippen LogP contribution in [0.2, 0.25) is 0 Å². The van der Waals surface area contributed by atoms with Gasteiger partial charge in [-0.15, -0.1) is 0 Å². The number of hydrogen-bond acceptors (Lipinski definition) is 0. The van der Waals surface area contributed by atoms with E-state index in [1.807, 2.05) is 0 Å². The maximum Gasteiger partial charge on any atom is 0.115 e. The number of nitrogens with zero attached hydrogens (tertiary/aromatic N) is 1. The van der Waals surface area contributed by atoms with Gasteiger partial charge in [-0.25, -0.2) is 0 Å². The highest BCUT2D eigenvalue weighted by Gasteiger charge is 2.53. The minimum atomic E-state index is 0.629. The highest BCUT2D eigenvalue weighted by Crippen LogP contribution is 2.49. The first-order valence-electron chi connectivity index (χ1n) is 35.5. The van der Waals surface area contributed by atoms with Crippen LogP contribution >= 0.6 is 0 Å². The summed E-state index contributed by atoms with van der Waals surface area (Å²) in [5.74, 6) is 0. The van der Waals surface area contributed by atoms with E-state index in [0.29, 0.717) is 6.04 Å². The summed E-state index contributed by atoms with van der Waals surface area (Å²) < 4.78 is 1.50. The van der Waals surface area contributed by atoms with E-state index in [4.69, 9.17) is 0 Å². The molecule has 0 aliphatic heterocycles. The van der Waals surface area contributed by atoms with Gasteiger partial charge in [0.25, 0.3) is 0 Å². The van der Waals surface area contributed by atoms with Crippen LogP contribution in [0.15, 0.2) is 30.3 Å². The van der Waals surface area contributed by atoms with Gasteiger partial charge in [-0.3, -0.25) is 0 Å². The molecule has 1 aromatic rings. The first-order valence-corrected chi connectivity index (χ1v) is 35.5. The van der Waals surface area contributed by atoms with E-state index in [0.717, 1.165) is 18.1 Å². The van der Waals surface area contributed by atoms with Crippen LogP contribution in [0, 0.1) is 0 Å². The van der Waals surface area contributed by atoms with Crippen molar-refractivity contribution in [2.45, 2.75) is 432 Å². The minimum absolute atomic E-state index is 0.629. The van der Waals surface area contributed by atoms with E-state index >= 15 is 0 Å². The fraction of sp³-hybridized carbons (Fsp3) is 0.918. The number of benzene rings is 1. The third-order valence-corrected chi connectivity index (χ3v) is 18.5. The zero-order valence-corrected chi connectivity index (χ0v) is 52.7. The molecule has 0 spiro atoms. The Morgan fingerprint density at radius 2 is 0.392 bits per heavy atom. The van der Waals surface area contributed by atoms with Crippen molar-refractivity contribution in [3.63, 3.8) is 0 Å². The van der Waals surface area contributed by atoms with E-state index in [1.54, 1.807) is 5.56 Å². The van der Waals surface area contributed by atoms with Gasteiger partial charge in [0.15, 0.2) is 0 Å². The Labute approximate surface area is 470 Å². The molecule has 1 heteroatoms. The van der Waals surface area contributed by atoms with Gasteiger partial charge in [-0.2, -0.15) is 0 Å². The lowest BCUT2D eigenvalue weighted by molar-refractivity contribution is -1.02. The van der Waals surface area contributed by atoms with E-state index in [9.17, 15) is 0 Å². The molecule has 438 valence electrons. The summed E-state index contributed by atoms with van der Waals surface area (Å²) in [7, 11) is 0. The molecule has 74 heavy (non-hydrogen) atoms. The number of rotatable bonds is 61. The van der Waals surface area contributed by atoms with Gasteiger partial charge >= 0.3 is 0 Å². The molecule has 4 atom stereocenters. The summed E-state index contributed by atoms with van der Waals surface area (Å²) in [4.78, 5) is 0. The molecule has 0 N–H and O–H groups in total. The zero-order chi connectivity index (χ0) is 53.5. The lowest BCUT2D eigenvalue weighted by Crippen LogP contribution is -2.68. The molecule has 0 saturated heterocycles. The lowest BCUT2D eigenvalue weighted by Gasteiger charge is -2.60. The van der Waals surface area contributed by atoms with E-state index in [2.05, 4.69) is 78.8 Å². The predicted molar refractivity (Wildman–Crippen MR) is 339 cm³/mol. The molecule has 0 heterocycles. The van der Waals surface area contributed by atoms with Crippen LogP contribution in [0.5, 0.6) is 0 Å². The van der Waals surface area contributed by atoms with Gasteiger partial charge < -0.3 is 4.48 Å². The molecule has 0 amide bonds. The molecule has 0 aromatic heterocycles. The first kappa shape index (κ1) is 71.2. The summed E-state index contributed by atoms with van der Waals surface area (Å²) in [5.41, 5.74) is 1.75. The Morgan fingerprint density at radius 1 is 0.216 bits per heavy atom. The minimum Gasteiger partial charge on any atom is -0.310 e. The number of unbranched alkanes of at least 4 members (excludes halogenated alkanes) is 42. The van der Waals surface area contributed by atoms with Crippen molar-refractivity contribution in [1.29, 1.82) is 0 Å². The Hall–Kier alpha value is -0.820. The maximum absolute atomic E-state index is 2.69. The van der Waals surface area contributed by atoms with Crippen molar-refractivity contribution >= 4 is 0 Å². The standard InChI is InChI=1S/C73H142N/c1-8-15-22-29-36-37-38-42-49-59-68-73(69-60-51-50-52-61-69)74(70(62-53-43-33-26-19-12-5)65-56-46-39-30-23-16-9-2,71(63-54-44-34-27-20-13-6)66-57-47-40-31-24-17-10-3)72(64-55-45-35-28-21-14-7)67-58-48-41-32-25-18-11-4/h50-52,60-61,70-73H,8-49,53-59,62-68H2,1-7H3/q+1. The summed E-state index contributed by atoms with van der Waals surface area (Å²) >= 11 is 0. The quantitative estimate of drug-likeness (QED) is 0.0451. The van der Waals surface area contributed by atoms with Crippen LogP contribution in [-0.2, 0) is 0 Å². The molecule has 4 unspecified atom stereocenters. The maximum atomic E-state index is 2.69. The summed E-state index contributed by atoms with van der Waals surface area (Å²) in [6, 6.07) is 15.7. The second-order valence-electron chi connectivity index (χ2n) is 25.2. The second kappa shape index (κ2) is 55.5. The Kier molecular flexibility index (Phi) is 53.4. The summed E-state index contributed by atoms with van der Waals surface area (Å²) in [6.07, 6.45) is 80.8. The van der Waals surface area contributed by atoms with Crippen molar-refractivity contribution in [2.75, 3.05) is 0 Å². The molecule has 0 bridgehead atoms. The first-order chi connectivity index (χ1) is 36.6. The summed E-state index contributed by atoms with van der Waals surface area (Å²) in [5, 5.41) is 0. The molecule has 1 aromatic carbocycles. The Balaban J connectivity index is 4.25. The van der Waals surface area contributed by atoms with Crippen LogP contribution in [0.4, 0.5) is 0 Å². The molecule has 0 saturated carbocycles. The van der Waals surface area contributed by atoms with Crippen LogP contribution in [0.1, 0.15) is 420 Å². The Bertz CT molecular complexity index is 1100. The molecule has 1 rings (SSSR count). The zero-order valence-electron chi connectivity index (χ0n) is 52.7. The smallest absolute Gasteiger partial charge is 0.115 e. The van der Waals surface area contributed by atoms with E-state index < -0.39 is 0 Å². The fourth-order valence-corrected chi connectivity index (χ4v) is 14.1. The molecular formula is C73H142N+. The highest BCUT2D eigenvalue weighted by molar-refractivity contribution is 5.18. The van der Waals surface area contributed by atoms with Crippen molar-refractivity contribution in [2.24, 2.45) is 0 Å². The lowest BCUT2D eigenvalue weighted by atomic mass is 9.79. The van der Waals surface area contributed by atoms with Crippen LogP contribution in [-0.4, -0.2) is 22.6 Å². The van der Waals surface area contributed by atoms with Crippen molar-refractivity contribution in [3.8, 4) is 0 Å². The van der Waals surface area contributed by atoms with Crippen molar-refractivity contribution in [1.82, 2.24) is 0 Å². The SMILES string of the molecule is CCCCCCCCCCCCC(c1ccccc1)[N+](C(CCCCCCCC)CCCCCCCCC)(C(CCCCCCCC)CCCCCCCCC)C(CCCCCCCC)CCCCCCCCC. The van der Waals surface area contributed by atoms with Gasteiger partial charge in [-0.1, -0.05) is 348 Å². The average Bonchev–Trinajstić information content (AvgIpc) is 3.42. The van der Waals surface area contributed by atoms with Crippen molar-refractivity contribution in [3.05, 3.63) is 35.9 Å². The number of quaternary nitrogens is 1. The van der Waals surface area contributed by atoms with E-state index in [-0.39, 0.29) is 0 Å². The third kappa shape index (κ3) is 36.4. The second-order valence-corrected chi connectivity index (χ2v) is 25.2. The third-order valence-electron chi connectivity index (χ3n) is 18.5. The fourth-order valence-electron chi connectivity index (χ4n) is 14.1. The van der Waals surface area contributed by atoms with E-state index in [1.165, 1.54) is 364 Å². The average molecular weight is 1030 g/mol. The molecule has 0 aliphatic rings. The van der Waals surface area contributed by atoms with Gasteiger partial charge in [-0.05, 0) is 83.5 Å².